The Morgan fingerprint density at radius 1 is 1.03 bits per heavy atom. The smallest absolute Gasteiger partial charge is 0.270 e. The number of aromatic nitrogens is 4. The van der Waals surface area contributed by atoms with Crippen molar-refractivity contribution in [2.75, 3.05) is 0 Å². The lowest BCUT2D eigenvalue weighted by molar-refractivity contribution is 0.0934. The number of benzene rings is 1. The number of carbonyl (C=O) groups excluding carboxylic acids is 2. The molecule has 6 N–H and O–H groups in total. The summed E-state index contributed by atoms with van der Waals surface area (Å²) in [5.74, 6) is 4.50. The maximum atomic E-state index is 12.6. The maximum absolute atomic E-state index is 12.6. The summed E-state index contributed by atoms with van der Waals surface area (Å²) in [6.45, 7) is 3.83. The molecule has 0 fully saturated rings. The van der Waals surface area contributed by atoms with Crippen molar-refractivity contribution in [1.82, 2.24) is 30.6 Å². The van der Waals surface area contributed by atoms with E-state index in [1.54, 1.807) is 24.5 Å². The molecule has 11 nitrogen and oxygen atoms in total. The fourth-order valence-electron chi connectivity index (χ4n) is 2.75. The lowest BCUT2D eigenvalue weighted by atomic mass is 10.1. The molecule has 3 rings (SSSR count). The maximum Gasteiger partial charge on any atom is 0.270 e. The molecule has 32 heavy (non-hydrogen) atoms. The first-order valence-electron chi connectivity index (χ1n) is 9.69. The first-order chi connectivity index (χ1) is 15.4. The van der Waals surface area contributed by atoms with Crippen molar-refractivity contribution < 1.29 is 9.59 Å². The normalized spacial score (nSPS) is 12.1. The molecule has 0 aliphatic rings. The van der Waals surface area contributed by atoms with Crippen LogP contribution in [0.2, 0.25) is 0 Å². The Hall–Kier alpha value is -4.41. The van der Waals surface area contributed by atoms with Crippen LogP contribution in [0, 0.1) is 6.92 Å². The summed E-state index contributed by atoms with van der Waals surface area (Å²) in [6.07, 6.45) is 4.37. The summed E-state index contributed by atoms with van der Waals surface area (Å²) in [5, 5.41) is 8.98. The number of carbonyl (C=O) groups is 2. The molecule has 164 valence electrons. The van der Waals surface area contributed by atoms with Crippen molar-refractivity contribution in [3.8, 4) is 0 Å². The SMILES string of the molecule is Cc1cnc(CNC(=O)c2cc(C(=O)NC(C)c3ccc(/C(N)=N/N)cc3)ncn2)cn1. The third-order valence-electron chi connectivity index (χ3n) is 4.59. The largest absolute Gasteiger partial charge is 0.382 e. The Morgan fingerprint density at radius 2 is 1.72 bits per heavy atom. The second-order valence-electron chi connectivity index (χ2n) is 6.95. The highest BCUT2D eigenvalue weighted by Crippen LogP contribution is 2.14. The highest BCUT2D eigenvalue weighted by atomic mass is 16.2. The predicted molar refractivity (Wildman–Crippen MR) is 117 cm³/mol. The highest BCUT2D eigenvalue weighted by molar-refractivity contribution is 5.98. The number of hydrogen-bond donors (Lipinski definition) is 4. The van der Waals surface area contributed by atoms with E-state index in [-0.39, 0.29) is 29.8 Å². The van der Waals surface area contributed by atoms with Gasteiger partial charge in [-0.2, -0.15) is 5.10 Å². The van der Waals surface area contributed by atoms with E-state index in [9.17, 15) is 9.59 Å². The number of hydrogen-bond acceptors (Lipinski definition) is 8. The van der Waals surface area contributed by atoms with Crippen LogP contribution in [0.3, 0.4) is 0 Å². The van der Waals surface area contributed by atoms with Gasteiger partial charge in [0.25, 0.3) is 11.8 Å². The van der Waals surface area contributed by atoms with Gasteiger partial charge in [-0.05, 0) is 19.4 Å². The molecule has 0 radical (unpaired) electrons. The van der Waals surface area contributed by atoms with Crippen LogP contribution in [0.4, 0.5) is 0 Å². The van der Waals surface area contributed by atoms with Crippen LogP contribution in [-0.2, 0) is 6.54 Å². The minimum atomic E-state index is -0.452. The number of nitrogens with zero attached hydrogens (tertiary/aromatic N) is 5. The number of amidine groups is 1. The lowest BCUT2D eigenvalue weighted by Gasteiger charge is -2.14. The topological polar surface area (TPSA) is 174 Å². The Kier molecular flexibility index (Phi) is 7.01. The van der Waals surface area contributed by atoms with Crippen LogP contribution < -0.4 is 22.2 Å². The summed E-state index contributed by atoms with van der Waals surface area (Å²) >= 11 is 0. The molecule has 11 heteroatoms. The first-order valence-corrected chi connectivity index (χ1v) is 9.69. The van der Waals surface area contributed by atoms with Crippen molar-refractivity contribution in [2.24, 2.45) is 16.7 Å². The van der Waals surface area contributed by atoms with Gasteiger partial charge in [0.1, 0.15) is 23.6 Å². The van der Waals surface area contributed by atoms with Gasteiger partial charge in [-0.1, -0.05) is 24.3 Å². The van der Waals surface area contributed by atoms with Crippen LogP contribution in [-0.4, -0.2) is 37.6 Å². The van der Waals surface area contributed by atoms with E-state index >= 15 is 0 Å². The van der Waals surface area contributed by atoms with Gasteiger partial charge in [0.2, 0.25) is 0 Å². The molecule has 2 heterocycles. The summed E-state index contributed by atoms with van der Waals surface area (Å²) in [4.78, 5) is 41.3. The zero-order valence-corrected chi connectivity index (χ0v) is 17.6. The zero-order chi connectivity index (χ0) is 23.1. The molecule has 0 aliphatic heterocycles. The molecule has 3 aromatic rings. The Labute approximate surface area is 184 Å². The molecule has 1 unspecified atom stereocenters. The van der Waals surface area contributed by atoms with Gasteiger partial charge in [-0.15, -0.1) is 0 Å². The number of rotatable bonds is 7. The predicted octanol–water partition coefficient (Wildman–Crippen LogP) is 0.575. The number of nitrogens with two attached hydrogens (primary N) is 2. The second kappa shape index (κ2) is 10.1. The van der Waals surface area contributed by atoms with Crippen LogP contribution in [0.25, 0.3) is 0 Å². The van der Waals surface area contributed by atoms with Gasteiger partial charge in [-0.3, -0.25) is 19.6 Å². The van der Waals surface area contributed by atoms with Gasteiger partial charge in [-0.25, -0.2) is 9.97 Å². The highest BCUT2D eigenvalue weighted by Gasteiger charge is 2.16. The average molecular weight is 433 g/mol. The zero-order valence-electron chi connectivity index (χ0n) is 17.6. The summed E-state index contributed by atoms with van der Waals surface area (Å²) in [6, 6.07) is 8.15. The van der Waals surface area contributed by atoms with Crippen LogP contribution in [0.15, 0.2) is 54.2 Å². The number of amides is 2. The van der Waals surface area contributed by atoms with Gasteiger partial charge in [0.15, 0.2) is 0 Å². The standard InChI is InChI=1S/C21H23N9O2/c1-12-8-25-16(9-24-12)10-26-20(31)17-7-18(28-11-27-17)21(32)29-13(2)14-3-5-15(6-4-14)19(22)30-23/h3-9,11,13H,10,23H2,1-2H3,(H2,22,30)(H,26,31)(H,29,32). The molecule has 1 atom stereocenters. The van der Waals surface area contributed by atoms with E-state index in [1.165, 1.54) is 12.4 Å². The minimum absolute atomic E-state index is 0.0683. The van der Waals surface area contributed by atoms with Crippen LogP contribution in [0.5, 0.6) is 0 Å². The van der Waals surface area contributed by atoms with E-state index in [0.717, 1.165) is 11.3 Å². The van der Waals surface area contributed by atoms with E-state index in [1.807, 2.05) is 26.0 Å². The fourth-order valence-corrected chi connectivity index (χ4v) is 2.75. The third-order valence-corrected chi connectivity index (χ3v) is 4.59. The average Bonchev–Trinajstić information content (AvgIpc) is 2.83. The van der Waals surface area contributed by atoms with Crippen molar-refractivity contribution in [2.45, 2.75) is 26.4 Å². The Bertz CT molecular complexity index is 1130. The van der Waals surface area contributed by atoms with E-state index in [0.29, 0.717) is 11.3 Å². The first kappa shape index (κ1) is 22.3. The minimum Gasteiger partial charge on any atom is -0.382 e. The van der Waals surface area contributed by atoms with Gasteiger partial charge >= 0.3 is 0 Å². The number of hydrazone groups is 1. The van der Waals surface area contributed by atoms with Crippen molar-refractivity contribution in [3.05, 3.63) is 83.0 Å². The molecule has 0 spiro atoms. The molecular formula is C21H23N9O2. The fraction of sp³-hybridized carbons (Fsp3) is 0.190. The van der Waals surface area contributed by atoms with E-state index < -0.39 is 11.8 Å². The van der Waals surface area contributed by atoms with Gasteiger partial charge in [0, 0.05) is 17.8 Å². The molecule has 0 saturated carbocycles. The third kappa shape index (κ3) is 5.59. The van der Waals surface area contributed by atoms with Gasteiger partial charge in [0.05, 0.1) is 30.2 Å². The second-order valence-corrected chi connectivity index (χ2v) is 6.95. The lowest BCUT2D eigenvalue weighted by Crippen LogP contribution is -2.29. The van der Waals surface area contributed by atoms with Crippen molar-refractivity contribution >= 4 is 17.6 Å². The molecule has 0 saturated heterocycles. The quantitative estimate of drug-likeness (QED) is 0.181. The number of aryl methyl sites for hydroxylation is 1. The monoisotopic (exact) mass is 433 g/mol. The molecule has 2 aromatic heterocycles. The van der Waals surface area contributed by atoms with E-state index in [4.69, 9.17) is 11.6 Å². The summed E-state index contributed by atoms with van der Waals surface area (Å²) in [5.41, 5.74) is 8.73. The number of nitrogens with one attached hydrogen (secondary N) is 2. The van der Waals surface area contributed by atoms with Crippen LogP contribution >= 0.6 is 0 Å². The van der Waals surface area contributed by atoms with Crippen molar-refractivity contribution in [1.29, 1.82) is 0 Å². The Balaban J connectivity index is 1.62. The molecule has 0 bridgehead atoms. The summed E-state index contributed by atoms with van der Waals surface area (Å²) in [7, 11) is 0. The van der Waals surface area contributed by atoms with E-state index in [2.05, 4.69) is 35.7 Å². The molecule has 1 aromatic carbocycles. The molecule has 2 amide bonds. The van der Waals surface area contributed by atoms with Crippen LogP contribution in [0.1, 0.15) is 56.5 Å². The van der Waals surface area contributed by atoms with Crippen molar-refractivity contribution in [3.63, 3.8) is 0 Å². The molecule has 0 aliphatic carbocycles. The molecular weight excluding hydrogens is 410 g/mol. The Morgan fingerprint density at radius 3 is 2.34 bits per heavy atom. The van der Waals surface area contributed by atoms with Gasteiger partial charge < -0.3 is 22.2 Å². The summed E-state index contributed by atoms with van der Waals surface area (Å²) < 4.78 is 0.